The number of hydrogen-bond acceptors (Lipinski definition) is 3. The summed E-state index contributed by atoms with van der Waals surface area (Å²) in [6.07, 6.45) is 0.737. The van der Waals surface area contributed by atoms with Crippen molar-refractivity contribution in [2.75, 3.05) is 19.6 Å². The Bertz CT molecular complexity index is 760. The molecule has 0 aliphatic carbocycles. The van der Waals surface area contributed by atoms with Crippen LogP contribution in [-0.4, -0.2) is 41.2 Å². The standard InChI is InChI=1S/C20H29N3O2/c1-13-18(15-7-5-6-8-17(15)22-13)16(11-21)14-9-10-23(12-14)19(24)25-20(2,3)4/h5-8,14,16,22H,9-12,21H2,1-4H3. The van der Waals surface area contributed by atoms with Crippen LogP contribution in [-0.2, 0) is 4.74 Å². The van der Waals surface area contributed by atoms with E-state index >= 15 is 0 Å². The zero-order valence-electron chi connectivity index (χ0n) is 15.6. The van der Waals surface area contributed by atoms with Crippen LogP contribution in [0, 0.1) is 12.8 Å². The minimum Gasteiger partial charge on any atom is -0.444 e. The molecule has 0 bridgehead atoms. The van der Waals surface area contributed by atoms with Gasteiger partial charge in [-0.1, -0.05) is 18.2 Å². The van der Waals surface area contributed by atoms with E-state index < -0.39 is 5.60 Å². The van der Waals surface area contributed by atoms with Gasteiger partial charge in [-0.3, -0.25) is 0 Å². The maximum atomic E-state index is 12.3. The summed E-state index contributed by atoms with van der Waals surface area (Å²) in [6, 6.07) is 8.35. The highest BCUT2D eigenvalue weighted by Crippen LogP contribution is 2.37. The van der Waals surface area contributed by atoms with Crippen molar-refractivity contribution >= 4 is 17.0 Å². The van der Waals surface area contributed by atoms with E-state index in [0.717, 1.165) is 18.5 Å². The first kappa shape index (κ1) is 17.8. The molecule has 5 nitrogen and oxygen atoms in total. The maximum Gasteiger partial charge on any atom is 0.410 e. The average molecular weight is 343 g/mol. The lowest BCUT2D eigenvalue weighted by Gasteiger charge is -2.26. The molecule has 25 heavy (non-hydrogen) atoms. The lowest BCUT2D eigenvalue weighted by Crippen LogP contribution is -2.36. The summed E-state index contributed by atoms with van der Waals surface area (Å²) in [5.41, 5.74) is 9.34. The first-order valence-corrected chi connectivity index (χ1v) is 9.05. The van der Waals surface area contributed by atoms with E-state index in [9.17, 15) is 4.79 Å². The van der Waals surface area contributed by atoms with Gasteiger partial charge in [-0.2, -0.15) is 0 Å². The number of carbonyl (C=O) groups excluding carboxylic acids is 1. The molecule has 3 rings (SSSR count). The van der Waals surface area contributed by atoms with Gasteiger partial charge >= 0.3 is 6.09 Å². The normalized spacial score (nSPS) is 19.4. The molecule has 1 fully saturated rings. The van der Waals surface area contributed by atoms with E-state index in [2.05, 4.69) is 30.1 Å². The van der Waals surface area contributed by atoms with Gasteiger partial charge in [0.05, 0.1) is 0 Å². The third kappa shape index (κ3) is 3.66. The molecular weight excluding hydrogens is 314 g/mol. The molecule has 2 aromatic rings. The van der Waals surface area contributed by atoms with Crippen molar-refractivity contribution in [3.8, 4) is 0 Å². The summed E-state index contributed by atoms with van der Waals surface area (Å²) < 4.78 is 5.52. The Kier molecular flexibility index (Phi) is 4.78. The van der Waals surface area contributed by atoms with Gasteiger partial charge in [0.25, 0.3) is 0 Å². The zero-order valence-corrected chi connectivity index (χ0v) is 15.6. The summed E-state index contributed by atoms with van der Waals surface area (Å²) in [6.45, 7) is 9.82. The molecule has 0 saturated carbocycles. The Morgan fingerprint density at radius 3 is 2.80 bits per heavy atom. The third-order valence-electron chi connectivity index (χ3n) is 5.01. The van der Waals surface area contributed by atoms with E-state index in [0.29, 0.717) is 19.0 Å². The van der Waals surface area contributed by atoms with E-state index in [1.54, 1.807) is 0 Å². The Labute approximate surface area is 149 Å². The van der Waals surface area contributed by atoms with Gasteiger partial charge in [-0.25, -0.2) is 4.79 Å². The van der Waals surface area contributed by atoms with E-state index in [1.807, 2.05) is 31.7 Å². The number of aromatic nitrogens is 1. The molecule has 5 heteroatoms. The number of benzene rings is 1. The molecule has 0 radical (unpaired) electrons. The van der Waals surface area contributed by atoms with Gasteiger partial charge in [0, 0.05) is 35.6 Å². The predicted molar refractivity (Wildman–Crippen MR) is 101 cm³/mol. The summed E-state index contributed by atoms with van der Waals surface area (Å²) in [7, 11) is 0. The Morgan fingerprint density at radius 1 is 1.40 bits per heavy atom. The summed E-state index contributed by atoms with van der Waals surface area (Å²) in [4.78, 5) is 17.6. The third-order valence-corrected chi connectivity index (χ3v) is 5.01. The molecule has 2 unspecified atom stereocenters. The van der Waals surface area contributed by atoms with Crippen LogP contribution in [0.25, 0.3) is 10.9 Å². The van der Waals surface area contributed by atoms with Crippen LogP contribution < -0.4 is 5.73 Å². The fourth-order valence-corrected chi connectivity index (χ4v) is 3.93. The molecule has 136 valence electrons. The number of nitrogens with one attached hydrogen (secondary N) is 1. The number of hydrogen-bond donors (Lipinski definition) is 2. The number of para-hydroxylation sites is 1. The Hall–Kier alpha value is -2.01. The van der Waals surface area contributed by atoms with Gasteiger partial charge in [-0.15, -0.1) is 0 Å². The lowest BCUT2D eigenvalue weighted by molar-refractivity contribution is 0.0286. The number of nitrogens with zero attached hydrogens (tertiary/aromatic N) is 1. The number of aromatic amines is 1. The monoisotopic (exact) mass is 343 g/mol. The summed E-state index contributed by atoms with van der Waals surface area (Å²) in [5.74, 6) is 0.596. The number of amides is 1. The van der Waals surface area contributed by atoms with Crippen LogP contribution in [0.3, 0.4) is 0 Å². The first-order chi connectivity index (χ1) is 11.8. The minimum absolute atomic E-state index is 0.221. The Morgan fingerprint density at radius 2 is 2.12 bits per heavy atom. The highest BCUT2D eigenvalue weighted by Gasteiger charge is 2.35. The number of H-pyrrole nitrogens is 1. The zero-order chi connectivity index (χ0) is 18.2. The number of aryl methyl sites for hydroxylation is 1. The molecule has 2 atom stereocenters. The van der Waals surface area contributed by atoms with Gasteiger partial charge in [0.1, 0.15) is 5.60 Å². The molecule has 1 amide bonds. The quantitative estimate of drug-likeness (QED) is 0.891. The van der Waals surface area contributed by atoms with E-state index in [1.165, 1.54) is 16.6 Å². The van der Waals surface area contributed by atoms with Crippen molar-refractivity contribution in [2.24, 2.45) is 11.7 Å². The highest BCUT2D eigenvalue weighted by molar-refractivity contribution is 5.85. The number of rotatable bonds is 3. The molecule has 3 N–H and O–H groups in total. The van der Waals surface area contributed by atoms with Crippen molar-refractivity contribution in [1.82, 2.24) is 9.88 Å². The molecule has 1 aromatic carbocycles. The first-order valence-electron chi connectivity index (χ1n) is 9.05. The maximum absolute atomic E-state index is 12.3. The minimum atomic E-state index is -0.462. The fourth-order valence-electron chi connectivity index (χ4n) is 3.93. The number of ether oxygens (including phenoxy) is 1. The van der Waals surface area contributed by atoms with Crippen molar-refractivity contribution in [3.05, 3.63) is 35.5 Å². The molecule has 2 heterocycles. The SMILES string of the molecule is Cc1[nH]c2ccccc2c1C(CN)C1CCN(C(=O)OC(C)(C)C)C1. The second-order valence-corrected chi connectivity index (χ2v) is 8.03. The summed E-state index contributed by atoms with van der Waals surface area (Å²) in [5, 5.41) is 1.24. The van der Waals surface area contributed by atoms with Gasteiger partial charge in [0.2, 0.25) is 0 Å². The van der Waals surface area contributed by atoms with Crippen molar-refractivity contribution in [1.29, 1.82) is 0 Å². The van der Waals surface area contributed by atoms with Crippen LogP contribution in [0.2, 0.25) is 0 Å². The highest BCUT2D eigenvalue weighted by atomic mass is 16.6. The van der Waals surface area contributed by atoms with E-state index in [4.69, 9.17) is 10.5 Å². The predicted octanol–water partition coefficient (Wildman–Crippen LogP) is 3.78. The van der Waals surface area contributed by atoms with Gasteiger partial charge in [0.15, 0.2) is 0 Å². The molecule has 0 spiro atoms. The summed E-state index contributed by atoms with van der Waals surface area (Å²) >= 11 is 0. The molecule has 1 saturated heterocycles. The van der Waals surface area contributed by atoms with Crippen LogP contribution in [0.15, 0.2) is 24.3 Å². The molecule has 1 aromatic heterocycles. The van der Waals surface area contributed by atoms with Crippen molar-refractivity contribution < 1.29 is 9.53 Å². The molecular formula is C20H29N3O2. The fraction of sp³-hybridized carbons (Fsp3) is 0.550. The lowest BCUT2D eigenvalue weighted by atomic mass is 9.84. The molecule has 1 aliphatic heterocycles. The topological polar surface area (TPSA) is 71.4 Å². The smallest absolute Gasteiger partial charge is 0.410 e. The van der Waals surface area contributed by atoms with Crippen molar-refractivity contribution in [2.45, 2.75) is 45.6 Å². The second kappa shape index (κ2) is 6.71. The van der Waals surface area contributed by atoms with Crippen molar-refractivity contribution in [3.63, 3.8) is 0 Å². The van der Waals surface area contributed by atoms with E-state index in [-0.39, 0.29) is 12.0 Å². The number of likely N-dealkylation sites (tertiary alicyclic amines) is 1. The van der Waals surface area contributed by atoms with Gasteiger partial charge < -0.3 is 20.4 Å². The van der Waals surface area contributed by atoms with Crippen LogP contribution in [0.4, 0.5) is 4.79 Å². The number of nitrogens with two attached hydrogens (primary N) is 1. The van der Waals surface area contributed by atoms with Gasteiger partial charge in [-0.05, 0) is 58.2 Å². The second-order valence-electron chi connectivity index (χ2n) is 8.03. The van der Waals surface area contributed by atoms with Crippen LogP contribution in [0.1, 0.15) is 44.4 Å². The largest absolute Gasteiger partial charge is 0.444 e. The molecule has 1 aliphatic rings. The van der Waals surface area contributed by atoms with Crippen LogP contribution >= 0.6 is 0 Å². The number of carbonyl (C=O) groups is 1. The van der Waals surface area contributed by atoms with Crippen LogP contribution in [0.5, 0.6) is 0 Å². The Balaban J connectivity index is 1.80. The average Bonchev–Trinajstić information content (AvgIpc) is 3.12. The number of fused-ring (bicyclic) bond motifs is 1.